The molecule has 1 aromatic carbocycles. The smallest absolute Gasteiger partial charge is 0.275 e. The van der Waals surface area contributed by atoms with Crippen LogP contribution in [0.15, 0.2) is 46.0 Å². The molecule has 1 amide bonds. The molecule has 152 valence electrons. The summed E-state index contributed by atoms with van der Waals surface area (Å²) in [7, 11) is -3.40. The summed E-state index contributed by atoms with van der Waals surface area (Å²) >= 11 is 1.23. The van der Waals surface area contributed by atoms with E-state index in [-0.39, 0.29) is 5.91 Å². The van der Waals surface area contributed by atoms with Crippen LogP contribution in [0.3, 0.4) is 0 Å². The van der Waals surface area contributed by atoms with Gasteiger partial charge in [-0.15, -0.1) is 11.3 Å². The van der Waals surface area contributed by atoms with Gasteiger partial charge in [-0.3, -0.25) is 4.79 Å². The van der Waals surface area contributed by atoms with Crippen LogP contribution in [-0.4, -0.2) is 64.5 Å². The average molecular weight is 425 g/mol. The third-order valence-corrected chi connectivity index (χ3v) is 7.88. The number of nitrogens with one attached hydrogen (secondary N) is 2. The summed E-state index contributed by atoms with van der Waals surface area (Å²) in [6, 6.07) is 11.2. The second-order valence-electron chi connectivity index (χ2n) is 6.78. The minimum atomic E-state index is -3.40. The summed E-state index contributed by atoms with van der Waals surface area (Å²) in [5, 5.41) is 4.63. The lowest BCUT2D eigenvalue weighted by Crippen LogP contribution is -3.15. The number of carbonyl (C=O) groups is 1. The zero-order valence-electron chi connectivity index (χ0n) is 15.9. The predicted octanol–water partition coefficient (Wildman–Crippen LogP) is 0.141. The third-order valence-electron chi connectivity index (χ3n) is 4.61. The fourth-order valence-corrected chi connectivity index (χ4v) is 5.70. The number of carbonyl (C=O) groups excluding carboxylic acids is 1. The van der Waals surface area contributed by atoms with E-state index in [4.69, 9.17) is 4.74 Å². The van der Waals surface area contributed by atoms with Crippen molar-refractivity contribution in [2.45, 2.75) is 11.1 Å². The Morgan fingerprint density at radius 2 is 2.04 bits per heavy atom. The molecule has 1 fully saturated rings. The van der Waals surface area contributed by atoms with Gasteiger partial charge >= 0.3 is 0 Å². The van der Waals surface area contributed by atoms with E-state index >= 15 is 0 Å². The van der Waals surface area contributed by atoms with Crippen molar-refractivity contribution in [3.8, 4) is 5.75 Å². The Morgan fingerprint density at radius 3 is 2.71 bits per heavy atom. The third kappa shape index (κ3) is 5.54. The summed E-state index contributed by atoms with van der Waals surface area (Å²) < 4.78 is 32.6. The first kappa shape index (κ1) is 20.8. The number of ether oxygens (including phenoxy) is 1. The lowest BCUT2D eigenvalue weighted by molar-refractivity contribution is -0.895. The van der Waals surface area contributed by atoms with Gasteiger partial charge in [-0.05, 0) is 36.1 Å². The summed E-state index contributed by atoms with van der Waals surface area (Å²) in [6.45, 7) is 5.31. The molecule has 1 aliphatic rings. The quantitative estimate of drug-likeness (QED) is 0.591. The lowest BCUT2D eigenvalue weighted by Gasteiger charge is -2.30. The zero-order valence-corrected chi connectivity index (χ0v) is 17.5. The molecule has 0 saturated carbocycles. The van der Waals surface area contributed by atoms with Crippen molar-refractivity contribution < 1.29 is 22.8 Å². The van der Waals surface area contributed by atoms with Crippen LogP contribution in [0.1, 0.15) is 5.56 Å². The Kier molecular flexibility index (Phi) is 7.06. The number of benzene rings is 1. The lowest BCUT2D eigenvalue weighted by atomic mass is 10.2. The molecule has 1 aromatic heterocycles. The molecule has 0 unspecified atom stereocenters. The molecule has 28 heavy (non-hydrogen) atoms. The molecule has 0 radical (unpaired) electrons. The normalized spacial score (nSPS) is 16.0. The largest absolute Gasteiger partial charge is 0.492 e. The van der Waals surface area contributed by atoms with Crippen LogP contribution in [-0.2, 0) is 14.8 Å². The predicted molar refractivity (Wildman–Crippen MR) is 108 cm³/mol. The molecule has 0 aliphatic carbocycles. The Hall–Kier alpha value is -1.94. The minimum absolute atomic E-state index is 0.0441. The average Bonchev–Trinajstić information content (AvgIpc) is 3.21. The first-order valence-corrected chi connectivity index (χ1v) is 11.6. The first-order valence-electron chi connectivity index (χ1n) is 9.28. The SMILES string of the molecule is Cc1cccc(OCCNC(=O)C[NH+]2CCN(S(=O)(=O)c3cccs3)CC2)c1. The number of rotatable bonds is 8. The second kappa shape index (κ2) is 9.51. The van der Waals surface area contributed by atoms with E-state index in [1.165, 1.54) is 15.6 Å². The van der Waals surface area contributed by atoms with Gasteiger partial charge in [0.25, 0.3) is 15.9 Å². The van der Waals surface area contributed by atoms with Crippen molar-refractivity contribution in [1.82, 2.24) is 9.62 Å². The second-order valence-corrected chi connectivity index (χ2v) is 9.89. The number of nitrogens with zero attached hydrogens (tertiary/aromatic N) is 1. The molecule has 0 spiro atoms. The highest BCUT2D eigenvalue weighted by molar-refractivity contribution is 7.91. The first-order chi connectivity index (χ1) is 13.4. The van der Waals surface area contributed by atoms with Crippen LogP contribution >= 0.6 is 11.3 Å². The fraction of sp³-hybridized carbons (Fsp3) is 0.421. The number of piperazine rings is 1. The molecule has 7 nitrogen and oxygen atoms in total. The molecule has 2 heterocycles. The van der Waals surface area contributed by atoms with Crippen LogP contribution < -0.4 is 15.0 Å². The van der Waals surface area contributed by atoms with E-state index in [2.05, 4.69) is 5.32 Å². The highest BCUT2D eigenvalue weighted by atomic mass is 32.2. The molecule has 0 bridgehead atoms. The Balaban J connectivity index is 1.36. The number of quaternary nitrogens is 1. The number of aryl methyl sites for hydroxylation is 1. The van der Waals surface area contributed by atoms with E-state index in [1.54, 1.807) is 17.5 Å². The number of hydrogen-bond acceptors (Lipinski definition) is 5. The molecular weight excluding hydrogens is 398 g/mol. The van der Waals surface area contributed by atoms with Crippen molar-refractivity contribution in [1.29, 1.82) is 0 Å². The molecule has 1 saturated heterocycles. The highest BCUT2D eigenvalue weighted by Gasteiger charge is 2.31. The fourth-order valence-electron chi connectivity index (χ4n) is 3.11. The monoisotopic (exact) mass is 424 g/mol. The van der Waals surface area contributed by atoms with Gasteiger partial charge in [0.1, 0.15) is 16.6 Å². The van der Waals surface area contributed by atoms with E-state index in [9.17, 15) is 13.2 Å². The molecule has 2 aromatic rings. The van der Waals surface area contributed by atoms with Crippen molar-refractivity contribution in [3.05, 3.63) is 47.3 Å². The van der Waals surface area contributed by atoms with Crippen LogP contribution in [0.2, 0.25) is 0 Å². The van der Waals surface area contributed by atoms with Gasteiger partial charge in [0.05, 0.1) is 32.7 Å². The van der Waals surface area contributed by atoms with Crippen molar-refractivity contribution in [3.63, 3.8) is 0 Å². The van der Waals surface area contributed by atoms with E-state index < -0.39 is 10.0 Å². The number of thiophene rings is 1. The number of hydrogen-bond donors (Lipinski definition) is 2. The van der Waals surface area contributed by atoms with Gasteiger partial charge in [0, 0.05) is 0 Å². The highest BCUT2D eigenvalue weighted by Crippen LogP contribution is 2.20. The Morgan fingerprint density at radius 1 is 1.25 bits per heavy atom. The summed E-state index contributed by atoms with van der Waals surface area (Å²) in [5.74, 6) is 0.750. The topological polar surface area (TPSA) is 80.2 Å². The summed E-state index contributed by atoms with van der Waals surface area (Å²) in [5.41, 5.74) is 1.13. The molecule has 3 rings (SSSR count). The van der Waals surface area contributed by atoms with E-state index in [0.717, 1.165) is 16.2 Å². The summed E-state index contributed by atoms with van der Waals surface area (Å²) in [4.78, 5) is 13.2. The Bertz CT molecular complexity index is 876. The molecule has 1 aliphatic heterocycles. The molecular formula is C19H26N3O4S2+. The van der Waals surface area contributed by atoms with Crippen LogP contribution in [0.5, 0.6) is 5.75 Å². The summed E-state index contributed by atoms with van der Waals surface area (Å²) in [6.07, 6.45) is 0. The van der Waals surface area contributed by atoms with E-state index in [1.807, 2.05) is 31.2 Å². The Labute approximate surface area is 170 Å². The van der Waals surface area contributed by atoms with Crippen LogP contribution in [0.25, 0.3) is 0 Å². The molecule has 2 N–H and O–H groups in total. The number of amides is 1. The minimum Gasteiger partial charge on any atom is -0.492 e. The molecule has 0 atom stereocenters. The van der Waals surface area contributed by atoms with Crippen LogP contribution in [0.4, 0.5) is 0 Å². The maximum Gasteiger partial charge on any atom is 0.275 e. The van der Waals surface area contributed by atoms with Crippen LogP contribution in [0, 0.1) is 6.92 Å². The zero-order chi connectivity index (χ0) is 20.0. The standard InChI is InChI=1S/C19H25N3O4S2/c1-16-4-2-5-17(14-16)26-12-7-20-18(23)15-21-8-10-22(11-9-21)28(24,25)19-6-3-13-27-19/h2-6,13-14H,7-12,15H2,1H3,(H,20,23)/p+1. The number of sulfonamides is 1. The van der Waals surface area contributed by atoms with Crippen molar-refractivity contribution in [2.24, 2.45) is 0 Å². The van der Waals surface area contributed by atoms with Gasteiger partial charge in [-0.2, -0.15) is 4.31 Å². The van der Waals surface area contributed by atoms with Gasteiger partial charge < -0.3 is 15.0 Å². The maximum absolute atomic E-state index is 12.5. The molecule has 9 heteroatoms. The van der Waals surface area contributed by atoms with Gasteiger partial charge in [-0.1, -0.05) is 18.2 Å². The van der Waals surface area contributed by atoms with Crippen molar-refractivity contribution >= 4 is 27.3 Å². The van der Waals surface area contributed by atoms with E-state index in [0.29, 0.717) is 50.1 Å². The van der Waals surface area contributed by atoms with Gasteiger partial charge in [0.15, 0.2) is 6.54 Å². The van der Waals surface area contributed by atoms with Crippen molar-refractivity contribution in [2.75, 3.05) is 45.9 Å². The maximum atomic E-state index is 12.5. The van der Waals surface area contributed by atoms with Gasteiger partial charge in [-0.25, -0.2) is 8.42 Å². The van der Waals surface area contributed by atoms with Gasteiger partial charge in [0.2, 0.25) is 0 Å².